The number of imide groups is 1. The molecule has 1 aliphatic heterocycles. The van der Waals surface area contributed by atoms with E-state index in [1.54, 1.807) is 12.1 Å². The average molecular weight is 247 g/mol. The minimum absolute atomic E-state index is 0.103. The first-order valence-electron chi connectivity index (χ1n) is 5.33. The molecular weight excluding hydrogens is 237 g/mol. The molecule has 0 saturated carbocycles. The van der Waals surface area contributed by atoms with Gasteiger partial charge in [0.15, 0.2) is 0 Å². The Balaban J connectivity index is 2.21. The Morgan fingerprint density at radius 3 is 2.39 bits per heavy atom. The Morgan fingerprint density at radius 2 is 1.83 bits per heavy atom. The van der Waals surface area contributed by atoms with E-state index in [0.717, 1.165) is 4.90 Å². The molecule has 0 radical (unpaired) electrons. The topological polar surface area (TPSA) is 64.4 Å². The van der Waals surface area contributed by atoms with Gasteiger partial charge in [0.1, 0.15) is 12.4 Å². The van der Waals surface area contributed by atoms with Crippen molar-refractivity contribution in [3.8, 4) is 6.07 Å². The van der Waals surface area contributed by atoms with Crippen LogP contribution in [0, 0.1) is 17.1 Å². The summed E-state index contributed by atoms with van der Waals surface area (Å²) in [6, 6.07) is 7.71. The van der Waals surface area contributed by atoms with Gasteiger partial charge < -0.3 is 4.90 Å². The lowest BCUT2D eigenvalue weighted by atomic mass is 10.2. The summed E-state index contributed by atoms with van der Waals surface area (Å²) < 4.78 is 13.5. The molecule has 0 aromatic heterocycles. The monoisotopic (exact) mass is 247 g/mol. The van der Waals surface area contributed by atoms with Crippen LogP contribution in [0.2, 0.25) is 0 Å². The fraction of sp³-hybridized carbons (Fsp3) is 0.250. The first-order valence-corrected chi connectivity index (χ1v) is 5.33. The average Bonchev–Trinajstić information content (AvgIpc) is 2.34. The number of para-hydroxylation sites is 1. The van der Waals surface area contributed by atoms with E-state index < -0.39 is 17.6 Å². The van der Waals surface area contributed by atoms with Crippen LogP contribution in [-0.2, 0) is 9.59 Å². The van der Waals surface area contributed by atoms with Crippen molar-refractivity contribution in [1.82, 2.24) is 4.90 Å². The van der Waals surface area contributed by atoms with E-state index in [2.05, 4.69) is 0 Å². The van der Waals surface area contributed by atoms with Gasteiger partial charge in [-0.2, -0.15) is 5.26 Å². The summed E-state index contributed by atoms with van der Waals surface area (Å²) in [5.41, 5.74) is 0.218. The van der Waals surface area contributed by atoms with Crippen molar-refractivity contribution in [1.29, 1.82) is 5.26 Å². The van der Waals surface area contributed by atoms with Gasteiger partial charge in [0.2, 0.25) is 11.8 Å². The highest BCUT2D eigenvalue weighted by Gasteiger charge is 2.31. The lowest BCUT2D eigenvalue weighted by Crippen LogP contribution is -2.54. The number of carbonyl (C=O) groups excluding carboxylic acids is 2. The van der Waals surface area contributed by atoms with Crippen molar-refractivity contribution in [2.45, 2.75) is 0 Å². The molecule has 18 heavy (non-hydrogen) atoms. The van der Waals surface area contributed by atoms with Gasteiger partial charge >= 0.3 is 0 Å². The third-order valence-electron chi connectivity index (χ3n) is 2.68. The summed E-state index contributed by atoms with van der Waals surface area (Å²) >= 11 is 0. The van der Waals surface area contributed by atoms with Crippen molar-refractivity contribution >= 4 is 17.5 Å². The minimum atomic E-state index is -0.490. The number of piperazine rings is 1. The number of benzene rings is 1. The number of anilines is 1. The van der Waals surface area contributed by atoms with Crippen molar-refractivity contribution in [2.75, 3.05) is 24.5 Å². The van der Waals surface area contributed by atoms with E-state index in [1.165, 1.54) is 23.1 Å². The summed E-state index contributed by atoms with van der Waals surface area (Å²) in [5, 5.41) is 8.51. The third kappa shape index (κ3) is 2.15. The van der Waals surface area contributed by atoms with Gasteiger partial charge in [-0.25, -0.2) is 4.39 Å². The zero-order valence-corrected chi connectivity index (χ0v) is 9.47. The number of amides is 2. The second-order valence-electron chi connectivity index (χ2n) is 3.84. The Morgan fingerprint density at radius 1 is 1.22 bits per heavy atom. The molecule has 0 atom stereocenters. The molecule has 0 aliphatic carbocycles. The highest BCUT2D eigenvalue weighted by Crippen LogP contribution is 2.20. The van der Waals surface area contributed by atoms with Crippen LogP contribution in [0.4, 0.5) is 10.1 Å². The Kier molecular flexibility index (Phi) is 3.24. The van der Waals surface area contributed by atoms with Crippen molar-refractivity contribution < 1.29 is 14.0 Å². The van der Waals surface area contributed by atoms with Crippen molar-refractivity contribution in [3.05, 3.63) is 30.1 Å². The van der Waals surface area contributed by atoms with E-state index in [4.69, 9.17) is 5.26 Å². The molecule has 0 N–H and O–H groups in total. The quantitative estimate of drug-likeness (QED) is 0.564. The summed E-state index contributed by atoms with van der Waals surface area (Å²) in [5.74, 6) is -1.46. The van der Waals surface area contributed by atoms with Gasteiger partial charge in [-0.05, 0) is 12.1 Å². The van der Waals surface area contributed by atoms with Crippen LogP contribution in [0.5, 0.6) is 0 Å². The van der Waals surface area contributed by atoms with E-state index in [-0.39, 0.29) is 25.3 Å². The molecule has 1 saturated heterocycles. The number of hydrogen-bond acceptors (Lipinski definition) is 4. The summed E-state index contributed by atoms with van der Waals surface area (Å²) in [7, 11) is 0. The fourth-order valence-electron chi connectivity index (χ4n) is 1.82. The fourth-order valence-corrected chi connectivity index (χ4v) is 1.82. The second kappa shape index (κ2) is 4.84. The highest BCUT2D eigenvalue weighted by molar-refractivity contribution is 6.03. The Labute approximate surface area is 103 Å². The predicted molar refractivity (Wildman–Crippen MR) is 60.9 cm³/mol. The van der Waals surface area contributed by atoms with Gasteiger partial charge in [0.05, 0.1) is 24.8 Å². The van der Waals surface area contributed by atoms with Gasteiger partial charge in [0.25, 0.3) is 0 Å². The van der Waals surface area contributed by atoms with E-state index >= 15 is 0 Å². The van der Waals surface area contributed by atoms with E-state index in [0.29, 0.717) is 0 Å². The molecule has 0 bridgehead atoms. The molecule has 2 amide bonds. The lowest BCUT2D eigenvalue weighted by molar-refractivity contribution is -0.144. The zero-order valence-electron chi connectivity index (χ0n) is 9.47. The molecule has 5 nitrogen and oxygen atoms in total. The van der Waals surface area contributed by atoms with Crippen LogP contribution in [0.1, 0.15) is 0 Å². The molecule has 0 unspecified atom stereocenters. The SMILES string of the molecule is N#CCN1C(=O)CN(c2ccccc2F)CC1=O. The van der Waals surface area contributed by atoms with Gasteiger partial charge in [-0.1, -0.05) is 12.1 Å². The smallest absolute Gasteiger partial charge is 0.249 e. The molecule has 1 aromatic carbocycles. The van der Waals surface area contributed by atoms with Gasteiger partial charge in [-0.3, -0.25) is 14.5 Å². The standard InChI is InChI=1S/C12H10FN3O2/c13-9-3-1-2-4-10(9)15-7-11(17)16(6-5-14)12(18)8-15/h1-4H,6-8H2. The number of hydrogen-bond donors (Lipinski definition) is 0. The molecule has 92 valence electrons. The normalized spacial score (nSPS) is 15.8. The van der Waals surface area contributed by atoms with Crippen LogP contribution in [-0.4, -0.2) is 36.3 Å². The predicted octanol–water partition coefficient (Wildman–Crippen LogP) is 0.524. The maximum atomic E-state index is 13.5. The highest BCUT2D eigenvalue weighted by atomic mass is 19.1. The molecule has 2 rings (SSSR count). The van der Waals surface area contributed by atoms with Crippen molar-refractivity contribution in [3.63, 3.8) is 0 Å². The second-order valence-corrected chi connectivity index (χ2v) is 3.84. The molecule has 1 fully saturated rings. The maximum absolute atomic E-state index is 13.5. The van der Waals surface area contributed by atoms with Crippen molar-refractivity contribution in [2.24, 2.45) is 0 Å². The molecular formula is C12H10FN3O2. The Hall–Kier alpha value is -2.42. The molecule has 0 spiro atoms. The first kappa shape index (κ1) is 12.0. The largest absolute Gasteiger partial charge is 0.351 e. The number of nitriles is 1. The summed E-state index contributed by atoms with van der Waals surface area (Å²) in [4.78, 5) is 25.6. The minimum Gasteiger partial charge on any atom is -0.351 e. The van der Waals surface area contributed by atoms with Crippen LogP contribution in [0.15, 0.2) is 24.3 Å². The summed E-state index contributed by atoms with van der Waals surface area (Å²) in [6.07, 6.45) is 0. The molecule has 1 aliphatic rings. The van der Waals surface area contributed by atoms with Crippen LogP contribution in [0.25, 0.3) is 0 Å². The van der Waals surface area contributed by atoms with Gasteiger partial charge in [0, 0.05) is 0 Å². The number of rotatable bonds is 2. The van der Waals surface area contributed by atoms with Crippen LogP contribution < -0.4 is 4.90 Å². The molecule has 1 aromatic rings. The van der Waals surface area contributed by atoms with Crippen LogP contribution >= 0.6 is 0 Å². The Bertz CT molecular complexity index is 520. The number of nitrogens with zero attached hydrogens (tertiary/aromatic N) is 3. The third-order valence-corrected chi connectivity index (χ3v) is 2.68. The lowest BCUT2D eigenvalue weighted by Gasteiger charge is -2.32. The number of carbonyl (C=O) groups is 2. The maximum Gasteiger partial charge on any atom is 0.249 e. The first-order chi connectivity index (χ1) is 8.63. The van der Waals surface area contributed by atoms with Crippen LogP contribution in [0.3, 0.4) is 0 Å². The van der Waals surface area contributed by atoms with E-state index in [1.807, 2.05) is 0 Å². The van der Waals surface area contributed by atoms with E-state index in [9.17, 15) is 14.0 Å². The molecule has 1 heterocycles. The van der Waals surface area contributed by atoms with Gasteiger partial charge in [-0.15, -0.1) is 0 Å². The number of halogens is 1. The summed E-state index contributed by atoms with van der Waals surface area (Å²) in [6.45, 7) is -0.467. The molecule has 6 heteroatoms. The zero-order chi connectivity index (χ0) is 13.1.